The van der Waals surface area contributed by atoms with Crippen molar-refractivity contribution in [1.82, 2.24) is 0 Å². The van der Waals surface area contributed by atoms with Crippen LogP contribution >= 0.6 is 11.8 Å². The first-order valence-corrected chi connectivity index (χ1v) is 6.30. The highest BCUT2D eigenvalue weighted by molar-refractivity contribution is 8.00. The number of hydrogen-bond acceptors (Lipinski definition) is 3. The molecule has 0 bridgehead atoms. The van der Waals surface area contributed by atoms with Crippen molar-refractivity contribution in [1.29, 1.82) is 0 Å². The van der Waals surface area contributed by atoms with Crippen LogP contribution in [0.4, 0.5) is 5.69 Å². The number of aliphatic hydroxyl groups is 1. The van der Waals surface area contributed by atoms with E-state index in [1.807, 2.05) is 19.1 Å². The number of aliphatic hydroxyl groups excluding tert-OH is 1. The van der Waals surface area contributed by atoms with Gasteiger partial charge in [0.15, 0.2) is 0 Å². The fraction of sp³-hybridized carbons (Fsp3) is 0.417. The molecule has 2 N–H and O–H groups in total. The maximum Gasteiger partial charge on any atom is 0.237 e. The summed E-state index contributed by atoms with van der Waals surface area (Å²) in [5.74, 6) is 0.0665. The molecule has 16 heavy (non-hydrogen) atoms. The van der Waals surface area contributed by atoms with E-state index >= 15 is 0 Å². The van der Waals surface area contributed by atoms with E-state index in [-0.39, 0.29) is 17.8 Å². The second-order valence-corrected chi connectivity index (χ2v) is 5.29. The summed E-state index contributed by atoms with van der Waals surface area (Å²) < 4.78 is 0. The summed E-state index contributed by atoms with van der Waals surface area (Å²) in [6.45, 7) is 2.11. The van der Waals surface area contributed by atoms with Gasteiger partial charge in [-0.3, -0.25) is 4.79 Å². The van der Waals surface area contributed by atoms with Crippen LogP contribution in [0.5, 0.6) is 0 Å². The van der Waals surface area contributed by atoms with E-state index in [0.29, 0.717) is 0 Å². The van der Waals surface area contributed by atoms with Gasteiger partial charge in [0.1, 0.15) is 0 Å². The smallest absolute Gasteiger partial charge is 0.237 e. The predicted molar refractivity (Wildman–Crippen MR) is 65.8 cm³/mol. The first kappa shape index (κ1) is 11.5. The third-order valence-electron chi connectivity index (χ3n) is 2.60. The van der Waals surface area contributed by atoms with Crippen molar-refractivity contribution in [3.05, 3.63) is 23.8 Å². The number of benzene rings is 1. The number of amides is 1. The molecule has 4 heteroatoms. The lowest BCUT2D eigenvalue weighted by Gasteiger charge is -2.21. The lowest BCUT2D eigenvalue weighted by atomic mass is 10.1. The van der Waals surface area contributed by atoms with Crippen LogP contribution in [0.2, 0.25) is 0 Å². The minimum absolute atomic E-state index is 0.0178. The van der Waals surface area contributed by atoms with Crippen LogP contribution in [0, 0.1) is 0 Å². The van der Waals surface area contributed by atoms with Crippen LogP contribution in [0.25, 0.3) is 0 Å². The molecule has 0 saturated carbocycles. The summed E-state index contributed by atoms with van der Waals surface area (Å²) in [6, 6.07) is 6.11. The zero-order chi connectivity index (χ0) is 11.5. The Bertz CT molecular complexity index is 406. The largest absolute Gasteiger partial charge is 0.396 e. The van der Waals surface area contributed by atoms with Crippen LogP contribution in [0.15, 0.2) is 23.1 Å². The van der Waals surface area contributed by atoms with Gasteiger partial charge in [-0.2, -0.15) is 0 Å². The van der Waals surface area contributed by atoms with E-state index in [4.69, 9.17) is 5.11 Å². The van der Waals surface area contributed by atoms with Gasteiger partial charge in [-0.05, 0) is 37.5 Å². The standard InChI is InChI=1S/C12H15NO2S/c1-8-12(15)13-10-7-9(3-2-6-14)4-5-11(10)16-8/h4-5,7-8,14H,2-3,6H2,1H3,(H,13,15). The van der Waals surface area contributed by atoms with Gasteiger partial charge in [0.25, 0.3) is 0 Å². The van der Waals surface area contributed by atoms with E-state index in [9.17, 15) is 4.79 Å². The quantitative estimate of drug-likeness (QED) is 0.846. The SMILES string of the molecule is CC1Sc2ccc(CCCO)cc2NC1=O. The highest BCUT2D eigenvalue weighted by Crippen LogP contribution is 2.35. The van der Waals surface area contributed by atoms with Crippen molar-refractivity contribution in [3.63, 3.8) is 0 Å². The Balaban J connectivity index is 2.19. The zero-order valence-corrected chi connectivity index (χ0v) is 10.0. The first-order chi connectivity index (χ1) is 7.70. The molecule has 1 unspecified atom stereocenters. The Morgan fingerprint density at radius 1 is 1.50 bits per heavy atom. The number of aryl methyl sites for hydroxylation is 1. The number of thioether (sulfide) groups is 1. The molecule has 1 aliphatic rings. The second-order valence-electron chi connectivity index (χ2n) is 3.91. The summed E-state index contributed by atoms with van der Waals surface area (Å²) in [5, 5.41) is 11.7. The minimum Gasteiger partial charge on any atom is -0.396 e. The maximum atomic E-state index is 11.5. The molecule has 2 rings (SSSR count). The Kier molecular flexibility index (Phi) is 3.51. The number of rotatable bonds is 3. The topological polar surface area (TPSA) is 49.3 Å². The van der Waals surface area contributed by atoms with E-state index in [0.717, 1.165) is 29.0 Å². The highest BCUT2D eigenvalue weighted by atomic mass is 32.2. The monoisotopic (exact) mass is 237 g/mol. The number of nitrogens with one attached hydrogen (secondary N) is 1. The normalized spacial score (nSPS) is 19.1. The number of fused-ring (bicyclic) bond motifs is 1. The molecule has 0 fully saturated rings. The fourth-order valence-electron chi connectivity index (χ4n) is 1.69. The molecule has 86 valence electrons. The number of anilines is 1. The van der Waals surface area contributed by atoms with Crippen LogP contribution < -0.4 is 5.32 Å². The molecule has 1 heterocycles. The summed E-state index contributed by atoms with van der Waals surface area (Å²) in [6.07, 6.45) is 1.61. The van der Waals surface area contributed by atoms with Crippen molar-refractivity contribution in [2.24, 2.45) is 0 Å². The van der Waals surface area contributed by atoms with Gasteiger partial charge in [-0.1, -0.05) is 6.07 Å². The molecule has 0 aliphatic carbocycles. The van der Waals surface area contributed by atoms with Gasteiger partial charge in [0, 0.05) is 11.5 Å². The van der Waals surface area contributed by atoms with Crippen LogP contribution in [0.3, 0.4) is 0 Å². The van der Waals surface area contributed by atoms with Gasteiger partial charge < -0.3 is 10.4 Å². The van der Waals surface area contributed by atoms with E-state index in [1.54, 1.807) is 11.8 Å². The fourth-order valence-corrected chi connectivity index (χ4v) is 2.63. The third kappa shape index (κ3) is 2.39. The minimum atomic E-state index is -0.0178. The molecule has 1 amide bonds. The summed E-state index contributed by atoms with van der Waals surface area (Å²) in [5.41, 5.74) is 2.06. The highest BCUT2D eigenvalue weighted by Gasteiger charge is 2.22. The molecule has 1 aromatic carbocycles. The molecule has 1 aliphatic heterocycles. The Labute approximate surface area is 99.2 Å². The Morgan fingerprint density at radius 2 is 2.31 bits per heavy atom. The lowest BCUT2D eigenvalue weighted by molar-refractivity contribution is -0.115. The van der Waals surface area contributed by atoms with E-state index in [1.165, 1.54) is 0 Å². The Hall–Kier alpha value is -1.00. The third-order valence-corrected chi connectivity index (χ3v) is 3.78. The number of carbonyl (C=O) groups is 1. The molecule has 0 radical (unpaired) electrons. The lowest BCUT2D eigenvalue weighted by Crippen LogP contribution is -2.26. The van der Waals surface area contributed by atoms with Crippen LogP contribution in [-0.2, 0) is 11.2 Å². The summed E-state index contributed by atoms with van der Waals surface area (Å²) in [4.78, 5) is 12.6. The maximum absolute atomic E-state index is 11.5. The average Bonchev–Trinajstić information content (AvgIpc) is 2.28. The molecular formula is C12H15NO2S. The molecule has 1 aromatic rings. The first-order valence-electron chi connectivity index (χ1n) is 5.42. The molecule has 0 aromatic heterocycles. The van der Waals surface area contributed by atoms with E-state index in [2.05, 4.69) is 11.4 Å². The summed E-state index contributed by atoms with van der Waals surface area (Å²) in [7, 11) is 0. The van der Waals surface area contributed by atoms with Crippen molar-refractivity contribution >= 4 is 23.4 Å². The molecular weight excluding hydrogens is 222 g/mol. The van der Waals surface area contributed by atoms with Crippen molar-refractivity contribution in [3.8, 4) is 0 Å². The van der Waals surface area contributed by atoms with Crippen molar-refractivity contribution < 1.29 is 9.90 Å². The van der Waals surface area contributed by atoms with Crippen molar-refractivity contribution in [2.45, 2.75) is 29.9 Å². The van der Waals surface area contributed by atoms with Gasteiger partial charge >= 0.3 is 0 Å². The molecule has 1 atom stereocenters. The second kappa shape index (κ2) is 4.89. The van der Waals surface area contributed by atoms with Crippen molar-refractivity contribution in [2.75, 3.05) is 11.9 Å². The van der Waals surface area contributed by atoms with Gasteiger partial charge in [-0.15, -0.1) is 11.8 Å². The zero-order valence-electron chi connectivity index (χ0n) is 9.19. The molecule has 0 saturated heterocycles. The van der Waals surface area contributed by atoms with E-state index < -0.39 is 0 Å². The summed E-state index contributed by atoms with van der Waals surface area (Å²) >= 11 is 1.59. The Morgan fingerprint density at radius 3 is 3.06 bits per heavy atom. The van der Waals surface area contributed by atoms with Crippen LogP contribution in [-0.4, -0.2) is 22.9 Å². The number of carbonyl (C=O) groups excluding carboxylic acids is 1. The molecule has 0 spiro atoms. The van der Waals surface area contributed by atoms with Gasteiger partial charge in [0.2, 0.25) is 5.91 Å². The molecule has 3 nitrogen and oxygen atoms in total. The van der Waals surface area contributed by atoms with Gasteiger partial charge in [0.05, 0.1) is 10.9 Å². The average molecular weight is 237 g/mol. The predicted octanol–water partition coefficient (Wildman–Crippen LogP) is 2.04. The van der Waals surface area contributed by atoms with Gasteiger partial charge in [-0.25, -0.2) is 0 Å². The number of hydrogen-bond donors (Lipinski definition) is 2. The van der Waals surface area contributed by atoms with Crippen LogP contribution in [0.1, 0.15) is 18.9 Å².